The predicted octanol–water partition coefficient (Wildman–Crippen LogP) is 10.6. The molecule has 2 heterocycles. The third kappa shape index (κ3) is 4.25. The van der Waals surface area contributed by atoms with Gasteiger partial charge in [0.1, 0.15) is 0 Å². The molecule has 5 aromatic carbocycles. The van der Waals surface area contributed by atoms with Crippen molar-refractivity contribution in [2.24, 2.45) is 4.99 Å². The first kappa shape index (κ1) is 24.5. The molecule has 41 heavy (non-hydrogen) atoms. The maximum Gasteiger partial charge on any atom is 0.151 e. The lowest BCUT2D eigenvalue weighted by Crippen LogP contribution is -2.33. The van der Waals surface area contributed by atoms with Gasteiger partial charge in [0.05, 0.1) is 11.4 Å². The summed E-state index contributed by atoms with van der Waals surface area (Å²) in [5.74, 6) is 0.470. The molecule has 3 aliphatic rings. The lowest BCUT2D eigenvalue weighted by atomic mass is 9.78. The number of para-hydroxylation sites is 3. The van der Waals surface area contributed by atoms with Crippen LogP contribution >= 0.6 is 11.8 Å². The number of rotatable bonds is 4. The van der Waals surface area contributed by atoms with Crippen LogP contribution in [0.2, 0.25) is 0 Å². The molecule has 5 aromatic rings. The summed E-state index contributed by atoms with van der Waals surface area (Å²) >= 11 is 1.86. The second-order valence-electron chi connectivity index (χ2n) is 11.0. The molecule has 1 aliphatic carbocycles. The molecule has 2 atom stereocenters. The maximum absolute atomic E-state index is 5.54. The molecule has 4 heteroatoms. The molecule has 1 saturated carbocycles. The first-order valence-corrected chi connectivity index (χ1v) is 15.4. The Kier molecular flexibility index (Phi) is 6.15. The van der Waals surface area contributed by atoms with Crippen LogP contribution in [-0.4, -0.2) is 5.71 Å². The average Bonchev–Trinajstić information content (AvgIpc) is 3.04. The van der Waals surface area contributed by atoms with Gasteiger partial charge in [-0.2, -0.15) is 0 Å². The Morgan fingerprint density at radius 2 is 1.27 bits per heavy atom. The van der Waals surface area contributed by atoms with E-state index in [0.717, 1.165) is 23.5 Å². The van der Waals surface area contributed by atoms with Crippen molar-refractivity contribution in [3.8, 4) is 0 Å². The van der Waals surface area contributed by atoms with E-state index in [1.54, 1.807) is 0 Å². The maximum atomic E-state index is 5.54. The van der Waals surface area contributed by atoms with Gasteiger partial charge in [-0.25, -0.2) is 0 Å². The number of nitrogens with zero attached hydrogens (tertiary/aromatic N) is 3. The van der Waals surface area contributed by atoms with Crippen molar-refractivity contribution in [1.82, 2.24) is 0 Å². The van der Waals surface area contributed by atoms with Gasteiger partial charge in [-0.1, -0.05) is 91.0 Å². The zero-order chi connectivity index (χ0) is 27.2. The van der Waals surface area contributed by atoms with E-state index in [1.807, 2.05) is 11.8 Å². The summed E-state index contributed by atoms with van der Waals surface area (Å²) in [5, 5.41) is 0. The van der Waals surface area contributed by atoms with Crippen LogP contribution in [0, 0.1) is 0 Å². The summed E-state index contributed by atoms with van der Waals surface area (Å²) in [6.45, 7) is 0. The van der Waals surface area contributed by atoms with Gasteiger partial charge in [-0.15, -0.1) is 0 Å². The second kappa shape index (κ2) is 10.3. The van der Waals surface area contributed by atoms with Crippen molar-refractivity contribution in [3.63, 3.8) is 0 Å². The quantitative estimate of drug-likeness (QED) is 0.222. The Labute approximate surface area is 246 Å². The van der Waals surface area contributed by atoms with Crippen molar-refractivity contribution in [2.75, 3.05) is 9.80 Å². The number of aliphatic imine (C=N–C) groups is 1. The predicted molar refractivity (Wildman–Crippen MR) is 172 cm³/mol. The van der Waals surface area contributed by atoms with Crippen LogP contribution < -0.4 is 9.80 Å². The Hall–Kier alpha value is -4.28. The van der Waals surface area contributed by atoms with Crippen LogP contribution in [-0.2, 0) is 0 Å². The molecule has 200 valence electrons. The highest BCUT2D eigenvalue weighted by Gasteiger charge is 2.37. The summed E-state index contributed by atoms with van der Waals surface area (Å²) in [4.78, 5) is 12.9. The van der Waals surface area contributed by atoms with E-state index in [2.05, 4.69) is 137 Å². The molecule has 0 saturated heterocycles. The molecular formula is C37H31N3S. The van der Waals surface area contributed by atoms with E-state index in [4.69, 9.17) is 4.99 Å². The first-order chi connectivity index (χ1) is 20.3. The number of anilines is 5. The Balaban J connectivity index is 1.29. The van der Waals surface area contributed by atoms with Gasteiger partial charge in [0.15, 0.2) is 6.17 Å². The van der Waals surface area contributed by atoms with Gasteiger partial charge in [-0.3, -0.25) is 4.99 Å². The Bertz CT molecular complexity index is 1710. The van der Waals surface area contributed by atoms with Crippen molar-refractivity contribution in [2.45, 2.75) is 47.6 Å². The van der Waals surface area contributed by atoms with Crippen LogP contribution in [0.25, 0.3) is 0 Å². The zero-order valence-corrected chi connectivity index (χ0v) is 23.7. The molecule has 0 spiro atoms. The topological polar surface area (TPSA) is 18.8 Å². The summed E-state index contributed by atoms with van der Waals surface area (Å²) in [6, 6.07) is 46.1. The lowest BCUT2D eigenvalue weighted by molar-refractivity contribution is 0.572. The fourth-order valence-corrected chi connectivity index (χ4v) is 7.86. The van der Waals surface area contributed by atoms with Gasteiger partial charge < -0.3 is 9.80 Å². The highest BCUT2D eigenvalue weighted by molar-refractivity contribution is 7.99. The summed E-state index contributed by atoms with van der Waals surface area (Å²) < 4.78 is 0. The molecule has 0 aromatic heterocycles. The van der Waals surface area contributed by atoms with Gasteiger partial charge in [0.25, 0.3) is 0 Å². The molecule has 0 N–H and O–H groups in total. The minimum absolute atomic E-state index is 0.0680. The molecule has 2 aliphatic heterocycles. The zero-order valence-electron chi connectivity index (χ0n) is 22.9. The highest BCUT2D eigenvalue weighted by Crippen LogP contribution is 2.55. The minimum atomic E-state index is -0.0680. The number of hydrogen-bond acceptors (Lipinski definition) is 4. The molecule has 0 amide bonds. The second-order valence-corrected chi connectivity index (χ2v) is 12.1. The summed E-state index contributed by atoms with van der Waals surface area (Å²) in [5.41, 5.74) is 10.1. The first-order valence-electron chi connectivity index (χ1n) is 14.6. The SMILES string of the molecule is c1ccc(N(c2ccccc2)c2ccc3c(c2)Sc2ccccc2N3C2N=C3CCCCC3c3ccccc32)cc1. The van der Waals surface area contributed by atoms with Crippen LogP contribution in [0.15, 0.2) is 142 Å². The van der Waals surface area contributed by atoms with Crippen LogP contribution in [0.1, 0.15) is 48.9 Å². The van der Waals surface area contributed by atoms with Gasteiger partial charge in [0, 0.05) is 44.0 Å². The van der Waals surface area contributed by atoms with Gasteiger partial charge >= 0.3 is 0 Å². The molecule has 0 bridgehead atoms. The third-order valence-electron chi connectivity index (χ3n) is 8.59. The van der Waals surface area contributed by atoms with E-state index >= 15 is 0 Å². The van der Waals surface area contributed by atoms with Crippen LogP contribution in [0.3, 0.4) is 0 Å². The standard InChI is InChI=1S/C37H31N3S/c1-3-13-26(14-4-1)39(27-15-5-2-6-16-27)28-23-24-34-36(25-28)41-35-22-12-11-21-33(35)40(34)37-31-19-8-7-17-29(31)30-18-9-10-20-32(30)38-37/h1-8,11-17,19,21-25,30,37H,9-10,18,20H2. The van der Waals surface area contributed by atoms with E-state index in [1.165, 1.54) is 57.3 Å². The van der Waals surface area contributed by atoms with E-state index < -0.39 is 0 Å². The van der Waals surface area contributed by atoms with E-state index in [0.29, 0.717) is 5.92 Å². The Morgan fingerprint density at radius 3 is 2.05 bits per heavy atom. The van der Waals surface area contributed by atoms with Gasteiger partial charge in [0.2, 0.25) is 0 Å². The van der Waals surface area contributed by atoms with Crippen molar-refractivity contribution in [3.05, 3.63) is 139 Å². The average molecular weight is 550 g/mol. The normalized spacial score (nSPS) is 18.8. The number of benzene rings is 5. The fourth-order valence-electron chi connectivity index (χ4n) is 6.75. The molecule has 1 fully saturated rings. The van der Waals surface area contributed by atoms with Crippen LogP contribution in [0.5, 0.6) is 0 Å². The fraction of sp³-hybridized carbons (Fsp3) is 0.162. The summed E-state index contributed by atoms with van der Waals surface area (Å²) in [7, 11) is 0. The molecular weight excluding hydrogens is 518 g/mol. The minimum Gasteiger partial charge on any atom is -0.313 e. The Morgan fingerprint density at radius 1 is 0.610 bits per heavy atom. The summed E-state index contributed by atoms with van der Waals surface area (Å²) in [6.07, 6.45) is 4.78. The van der Waals surface area contributed by atoms with Crippen molar-refractivity contribution < 1.29 is 0 Å². The third-order valence-corrected chi connectivity index (χ3v) is 9.71. The van der Waals surface area contributed by atoms with Gasteiger partial charge in [-0.05, 0) is 79.4 Å². The smallest absolute Gasteiger partial charge is 0.151 e. The number of fused-ring (bicyclic) bond motifs is 5. The molecule has 3 nitrogen and oxygen atoms in total. The monoisotopic (exact) mass is 549 g/mol. The molecule has 0 radical (unpaired) electrons. The molecule has 2 unspecified atom stereocenters. The molecule has 8 rings (SSSR count). The number of hydrogen-bond donors (Lipinski definition) is 0. The van der Waals surface area contributed by atoms with Crippen molar-refractivity contribution in [1.29, 1.82) is 0 Å². The van der Waals surface area contributed by atoms with E-state index in [-0.39, 0.29) is 6.17 Å². The van der Waals surface area contributed by atoms with Crippen LogP contribution in [0.4, 0.5) is 28.4 Å². The van der Waals surface area contributed by atoms with Crippen molar-refractivity contribution >= 4 is 45.9 Å². The van der Waals surface area contributed by atoms with E-state index in [9.17, 15) is 0 Å². The largest absolute Gasteiger partial charge is 0.313 e. The lowest BCUT2D eigenvalue weighted by Gasteiger charge is -2.42. The highest BCUT2D eigenvalue weighted by atomic mass is 32.2.